The average Bonchev–Trinajstić information content (AvgIpc) is 2.10. The van der Waals surface area contributed by atoms with Gasteiger partial charge in [0.05, 0.1) is 4.47 Å². The Kier molecular flexibility index (Phi) is 4.35. The van der Waals surface area contributed by atoms with E-state index in [1.807, 2.05) is 19.0 Å². The number of rotatable bonds is 4. The molecule has 0 aliphatic carbocycles. The van der Waals surface area contributed by atoms with E-state index >= 15 is 0 Å². The summed E-state index contributed by atoms with van der Waals surface area (Å²) in [6.45, 7) is 1.36. The van der Waals surface area contributed by atoms with E-state index in [0.717, 1.165) is 11.0 Å². The van der Waals surface area contributed by atoms with Crippen LogP contribution < -0.4 is 4.74 Å². The first-order valence-electron chi connectivity index (χ1n) is 4.32. The van der Waals surface area contributed by atoms with Crippen molar-refractivity contribution in [1.82, 2.24) is 4.90 Å². The van der Waals surface area contributed by atoms with Crippen LogP contribution in [0, 0.1) is 5.82 Å². The van der Waals surface area contributed by atoms with Crippen LogP contribution in [-0.4, -0.2) is 32.1 Å². The average molecular weight is 262 g/mol. The lowest BCUT2D eigenvalue weighted by atomic mass is 10.3. The van der Waals surface area contributed by atoms with E-state index in [2.05, 4.69) is 15.9 Å². The van der Waals surface area contributed by atoms with Crippen molar-refractivity contribution in [3.63, 3.8) is 0 Å². The molecule has 0 unspecified atom stereocenters. The fraction of sp³-hybridized carbons (Fsp3) is 0.400. The molecule has 1 aromatic carbocycles. The van der Waals surface area contributed by atoms with Crippen molar-refractivity contribution in [3.8, 4) is 5.75 Å². The molecule has 14 heavy (non-hydrogen) atoms. The predicted molar refractivity (Wildman–Crippen MR) is 58.1 cm³/mol. The molecule has 0 saturated carbocycles. The SMILES string of the molecule is CN(C)CCOc1cc(F)ccc1Br. The summed E-state index contributed by atoms with van der Waals surface area (Å²) >= 11 is 3.29. The lowest BCUT2D eigenvalue weighted by molar-refractivity contribution is 0.259. The maximum absolute atomic E-state index is 12.8. The number of likely N-dealkylation sites (N-methyl/N-ethyl adjacent to an activating group) is 1. The second-order valence-corrected chi connectivity index (χ2v) is 4.08. The molecule has 0 atom stereocenters. The van der Waals surface area contributed by atoms with Gasteiger partial charge in [0.2, 0.25) is 0 Å². The molecule has 2 nitrogen and oxygen atoms in total. The molecule has 0 radical (unpaired) electrons. The van der Waals surface area contributed by atoms with Gasteiger partial charge >= 0.3 is 0 Å². The van der Waals surface area contributed by atoms with Crippen molar-refractivity contribution < 1.29 is 9.13 Å². The van der Waals surface area contributed by atoms with E-state index in [0.29, 0.717) is 12.4 Å². The monoisotopic (exact) mass is 261 g/mol. The molecule has 0 fully saturated rings. The molecule has 0 aliphatic heterocycles. The van der Waals surface area contributed by atoms with Crippen molar-refractivity contribution >= 4 is 15.9 Å². The van der Waals surface area contributed by atoms with Crippen LogP contribution in [0.5, 0.6) is 5.75 Å². The standard InChI is InChI=1S/C10H13BrFNO/c1-13(2)5-6-14-10-7-8(12)3-4-9(10)11/h3-4,7H,5-6H2,1-2H3. The summed E-state index contributed by atoms with van der Waals surface area (Å²) in [5.74, 6) is 0.264. The van der Waals surface area contributed by atoms with E-state index in [9.17, 15) is 4.39 Å². The number of benzene rings is 1. The van der Waals surface area contributed by atoms with Crippen molar-refractivity contribution in [2.24, 2.45) is 0 Å². The van der Waals surface area contributed by atoms with Gasteiger partial charge in [0.15, 0.2) is 0 Å². The highest BCUT2D eigenvalue weighted by molar-refractivity contribution is 9.10. The van der Waals surface area contributed by atoms with Gasteiger partial charge in [0, 0.05) is 12.6 Å². The molecule has 0 bridgehead atoms. The molecule has 0 heterocycles. The number of hydrogen-bond acceptors (Lipinski definition) is 2. The van der Waals surface area contributed by atoms with Gasteiger partial charge in [0.25, 0.3) is 0 Å². The van der Waals surface area contributed by atoms with Crippen LogP contribution in [0.2, 0.25) is 0 Å². The summed E-state index contributed by atoms with van der Waals surface area (Å²) in [5, 5.41) is 0. The third-order valence-electron chi connectivity index (χ3n) is 1.69. The highest BCUT2D eigenvalue weighted by Crippen LogP contribution is 2.25. The fourth-order valence-corrected chi connectivity index (χ4v) is 1.29. The van der Waals surface area contributed by atoms with Crippen molar-refractivity contribution in [1.29, 1.82) is 0 Å². The number of ether oxygens (including phenoxy) is 1. The van der Waals surface area contributed by atoms with E-state index in [-0.39, 0.29) is 5.82 Å². The minimum atomic E-state index is -0.284. The van der Waals surface area contributed by atoms with E-state index in [1.54, 1.807) is 6.07 Å². The third kappa shape index (κ3) is 3.64. The molecular formula is C10H13BrFNO. The van der Waals surface area contributed by atoms with Crippen LogP contribution in [0.1, 0.15) is 0 Å². The molecule has 0 spiro atoms. The Labute approximate surface area is 91.8 Å². The minimum Gasteiger partial charge on any atom is -0.491 e. The van der Waals surface area contributed by atoms with Gasteiger partial charge in [-0.15, -0.1) is 0 Å². The summed E-state index contributed by atoms with van der Waals surface area (Å²) in [5.41, 5.74) is 0. The Morgan fingerprint density at radius 1 is 1.43 bits per heavy atom. The quantitative estimate of drug-likeness (QED) is 0.826. The van der Waals surface area contributed by atoms with E-state index in [1.165, 1.54) is 12.1 Å². The van der Waals surface area contributed by atoms with Gasteiger partial charge in [0.1, 0.15) is 18.2 Å². The smallest absolute Gasteiger partial charge is 0.136 e. The summed E-state index contributed by atoms with van der Waals surface area (Å²) in [4.78, 5) is 2.01. The van der Waals surface area contributed by atoms with E-state index in [4.69, 9.17) is 4.74 Å². The lowest BCUT2D eigenvalue weighted by Gasteiger charge is -2.11. The Morgan fingerprint density at radius 3 is 2.79 bits per heavy atom. The molecule has 78 valence electrons. The van der Waals surface area contributed by atoms with Gasteiger partial charge in [-0.3, -0.25) is 0 Å². The van der Waals surface area contributed by atoms with Crippen LogP contribution in [-0.2, 0) is 0 Å². The number of nitrogens with zero attached hydrogens (tertiary/aromatic N) is 1. The van der Waals surface area contributed by atoms with Crippen molar-refractivity contribution in [3.05, 3.63) is 28.5 Å². The molecule has 1 aromatic rings. The van der Waals surface area contributed by atoms with Crippen LogP contribution in [0.3, 0.4) is 0 Å². The van der Waals surface area contributed by atoms with Crippen molar-refractivity contribution in [2.45, 2.75) is 0 Å². The van der Waals surface area contributed by atoms with Crippen LogP contribution >= 0.6 is 15.9 Å². The molecule has 0 aromatic heterocycles. The van der Waals surface area contributed by atoms with E-state index < -0.39 is 0 Å². The number of hydrogen-bond donors (Lipinski definition) is 0. The van der Waals surface area contributed by atoms with Crippen molar-refractivity contribution in [2.75, 3.05) is 27.2 Å². The van der Waals surface area contributed by atoms with Gasteiger partial charge in [-0.2, -0.15) is 0 Å². The zero-order valence-electron chi connectivity index (χ0n) is 8.26. The van der Waals surface area contributed by atoms with Gasteiger partial charge in [-0.25, -0.2) is 4.39 Å². The zero-order valence-corrected chi connectivity index (χ0v) is 9.84. The molecule has 0 amide bonds. The second kappa shape index (κ2) is 5.32. The fourth-order valence-electron chi connectivity index (χ4n) is 0.926. The van der Waals surface area contributed by atoms with Gasteiger partial charge in [-0.1, -0.05) is 0 Å². The maximum atomic E-state index is 12.8. The van der Waals surface area contributed by atoms with Gasteiger partial charge < -0.3 is 9.64 Å². The van der Waals surface area contributed by atoms with Gasteiger partial charge in [-0.05, 0) is 42.2 Å². The third-order valence-corrected chi connectivity index (χ3v) is 2.34. The topological polar surface area (TPSA) is 12.5 Å². The Bertz CT molecular complexity index is 304. The second-order valence-electron chi connectivity index (χ2n) is 3.23. The van der Waals surface area contributed by atoms with Crippen LogP contribution in [0.25, 0.3) is 0 Å². The first kappa shape index (κ1) is 11.5. The Morgan fingerprint density at radius 2 is 2.14 bits per heavy atom. The highest BCUT2D eigenvalue weighted by Gasteiger charge is 2.02. The molecule has 0 saturated heterocycles. The molecule has 1 rings (SSSR count). The highest BCUT2D eigenvalue weighted by atomic mass is 79.9. The predicted octanol–water partition coefficient (Wildman–Crippen LogP) is 2.53. The Hall–Kier alpha value is -0.610. The molecule has 0 aliphatic rings. The summed E-state index contributed by atoms with van der Waals surface area (Å²) in [6.07, 6.45) is 0. The normalized spacial score (nSPS) is 10.6. The summed E-state index contributed by atoms with van der Waals surface area (Å²) in [6, 6.07) is 4.41. The maximum Gasteiger partial charge on any atom is 0.136 e. The largest absolute Gasteiger partial charge is 0.491 e. The molecule has 4 heteroatoms. The summed E-state index contributed by atoms with van der Waals surface area (Å²) < 4.78 is 19.0. The van der Waals surface area contributed by atoms with Crippen LogP contribution in [0.15, 0.2) is 22.7 Å². The lowest BCUT2D eigenvalue weighted by Crippen LogP contribution is -2.19. The molecule has 0 N–H and O–H groups in total. The minimum absolute atomic E-state index is 0.284. The number of halogens is 2. The Balaban J connectivity index is 2.53. The summed E-state index contributed by atoms with van der Waals surface area (Å²) in [7, 11) is 3.92. The first-order valence-corrected chi connectivity index (χ1v) is 5.11. The molecular weight excluding hydrogens is 249 g/mol. The first-order chi connectivity index (χ1) is 6.59. The zero-order chi connectivity index (χ0) is 10.6. The van der Waals surface area contributed by atoms with Crippen LogP contribution in [0.4, 0.5) is 4.39 Å².